The molecule has 3 aromatic carbocycles. The Morgan fingerprint density at radius 1 is 0.846 bits per heavy atom. The molecule has 4 rings (SSSR count). The van der Waals surface area contributed by atoms with Gasteiger partial charge in [0, 0.05) is 47.9 Å². The van der Waals surface area contributed by atoms with Crippen LogP contribution in [0.25, 0.3) is 33.4 Å². The number of nitrogens with zero attached hydrogens (tertiary/aromatic N) is 1. The molecule has 0 saturated carbocycles. The second-order valence-electron chi connectivity index (χ2n) is 6.69. The maximum Gasteiger partial charge on any atom is 0.138 e. The summed E-state index contributed by atoms with van der Waals surface area (Å²) in [7, 11) is 4.06. The highest BCUT2D eigenvalue weighted by Crippen LogP contribution is 2.39. The summed E-state index contributed by atoms with van der Waals surface area (Å²) in [6.07, 6.45) is 0. The maximum absolute atomic E-state index is 13.3. The molecule has 4 aromatic rings. The maximum atomic E-state index is 13.3. The molecule has 3 heteroatoms. The molecule has 1 aromatic heterocycles. The van der Waals surface area contributed by atoms with Gasteiger partial charge in [-0.2, -0.15) is 0 Å². The second kappa shape index (κ2) is 6.34. The fourth-order valence-corrected chi connectivity index (χ4v) is 3.35. The largest absolute Gasteiger partial charge is 0.456 e. The molecular formula is C23H20FNO. The summed E-state index contributed by atoms with van der Waals surface area (Å²) in [5.41, 5.74) is 6.22. The van der Waals surface area contributed by atoms with Crippen molar-refractivity contribution in [3.8, 4) is 22.5 Å². The molecule has 0 fully saturated rings. The summed E-state index contributed by atoms with van der Waals surface area (Å²) in [6, 6.07) is 21.0. The van der Waals surface area contributed by atoms with Crippen LogP contribution in [0.3, 0.4) is 0 Å². The highest BCUT2D eigenvalue weighted by atomic mass is 19.1. The number of furan rings is 1. The zero-order valence-electron chi connectivity index (χ0n) is 15.1. The predicted molar refractivity (Wildman–Crippen MR) is 106 cm³/mol. The van der Waals surface area contributed by atoms with E-state index in [9.17, 15) is 4.39 Å². The van der Waals surface area contributed by atoms with Crippen molar-refractivity contribution < 1.29 is 8.81 Å². The van der Waals surface area contributed by atoms with Crippen LogP contribution < -0.4 is 4.90 Å². The number of hydrogen-bond donors (Lipinski definition) is 0. The lowest BCUT2D eigenvalue weighted by atomic mass is 9.99. The Hall–Kier alpha value is -3.07. The van der Waals surface area contributed by atoms with E-state index in [1.165, 1.54) is 17.7 Å². The molecule has 0 spiro atoms. The van der Waals surface area contributed by atoms with E-state index in [1.54, 1.807) is 12.1 Å². The first-order valence-electron chi connectivity index (χ1n) is 8.60. The minimum Gasteiger partial charge on any atom is -0.456 e. The molecule has 26 heavy (non-hydrogen) atoms. The van der Waals surface area contributed by atoms with Crippen molar-refractivity contribution in [2.75, 3.05) is 19.0 Å². The van der Waals surface area contributed by atoms with Crippen molar-refractivity contribution in [2.45, 2.75) is 6.92 Å². The van der Waals surface area contributed by atoms with Gasteiger partial charge in [0.2, 0.25) is 0 Å². The molecule has 0 aliphatic rings. The van der Waals surface area contributed by atoms with Crippen LogP contribution in [0.1, 0.15) is 5.56 Å². The fraction of sp³-hybridized carbons (Fsp3) is 0.130. The van der Waals surface area contributed by atoms with Gasteiger partial charge in [-0.25, -0.2) is 4.39 Å². The van der Waals surface area contributed by atoms with Crippen molar-refractivity contribution in [3.05, 3.63) is 78.1 Å². The van der Waals surface area contributed by atoms with Gasteiger partial charge in [-0.3, -0.25) is 0 Å². The summed E-state index contributed by atoms with van der Waals surface area (Å²) in [4.78, 5) is 2.09. The summed E-state index contributed by atoms with van der Waals surface area (Å²) in [5.74, 6) is 0.540. The highest BCUT2D eigenvalue weighted by molar-refractivity contribution is 5.96. The first-order chi connectivity index (χ1) is 12.5. The normalized spacial score (nSPS) is 11.1. The summed E-state index contributed by atoms with van der Waals surface area (Å²) >= 11 is 0. The lowest BCUT2D eigenvalue weighted by molar-refractivity contribution is 0.622. The predicted octanol–water partition coefficient (Wildman–Crippen LogP) is 6.28. The number of halogens is 1. The molecule has 0 aliphatic carbocycles. The molecular weight excluding hydrogens is 325 g/mol. The van der Waals surface area contributed by atoms with Crippen molar-refractivity contribution in [1.29, 1.82) is 0 Å². The standard InChI is InChI=1S/C23H20FNO/c1-15-19-13-20(16-7-5-4-6-8-16)21(25(2)3)14-22(19)26-23(15)17-9-11-18(24)12-10-17/h4-14H,1-3H3. The highest BCUT2D eigenvalue weighted by Gasteiger charge is 2.17. The van der Waals surface area contributed by atoms with E-state index in [0.29, 0.717) is 0 Å². The van der Waals surface area contributed by atoms with Gasteiger partial charge in [0.05, 0.1) is 0 Å². The van der Waals surface area contributed by atoms with Gasteiger partial charge in [0.15, 0.2) is 0 Å². The smallest absolute Gasteiger partial charge is 0.138 e. The topological polar surface area (TPSA) is 16.4 Å². The Kier molecular flexibility index (Phi) is 4.00. The van der Waals surface area contributed by atoms with Crippen molar-refractivity contribution >= 4 is 16.7 Å². The van der Waals surface area contributed by atoms with Gasteiger partial charge < -0.3 is 9.32 Å². The Balaban J connectivity index is 1.95. The van der Waals surface area contributed by atoms with Crippen LogP contribution in [0, 0.1) is 12.7 Å². The molecule has 0 aliphatic heterocycles. The van der Waals surface area contributed by atoms with Crippen molar-refractivity contribution in [2.24, 2.45) is 0 Å². The minimum absolute atomic E-state index is 0.247. The number of hydrogen-bond acceptors (Lipinski definition) is 2. The molecule has 2 nitrogen and oxygen atoms in total. The third kappa shape index (κ3) is 2.76. The molecule has 130 valence electrons. The van der Waals surface area contributed by atoms with E-state index in [1.807, 2.05) is 32.3 Å². The quantitative estimate of drug-likeness (QED) is 0.434. The summed E-state index contributed by atoms with van der Waals surface area (Å²) in [6.45, 7) is 2.05. The van der Waals surface area contributed by atoms with Crippen LogP contribution in [0.4, 0.5) is 10.1 Å². The molecule has 1 heterocycles. The van der Waals surface area contributed by atoms with Crippen LogP contribution in [-0.2, 0) is 0 Å². The molecule has 0 saturated heterocycles. The van der Waals surface area contributed by atoms with Crippen LogP contribution in [0.15, 0.2) is 71.1 Å². The van der Waals surface area contributed by atoms with Gasteiger partial charge in [-0.05, 0) is 42.8 Å². The zero-order chi connectivity index (χ0) is 18.3. The number of benzene rings is 3. The average molecular weight is 345 g/mol. The monoisotopic (exact) mass is 345 g/mol. The molecule has 0 radical (unpaired) electrons. The fourth-order valence-electron chi connectivity index (χ4n) is 3.35. The number of anilines is 1. The Morgan fingerprint density at radius 2 is 1.54 bits per heavy atom. The van der Waals surface area contributed by atoms with E-state index in [4.69, 9.17) is 4.42 Å². The SMILES string of the molecule is Cc1c(-c2ccc(F)cc2)oc2cc(N(C)C)c(-c3ccccc3)cc12. The molecule has 0 unspecified atom stereocenters. The lowest BCUT2D eigenvalue weighted by Crippen LogP contribution is -2.09. The van der Waals surface area contributed by atoms with Gasteiger partial charge in [0.25, 0.3) is 0 Å². The van der Waals surface area contributed by atoms with E-state index >= 15 is 0 Å². The van der Waals surface area contributed by atoms with E-state index < -0.39 is 0 Å². The Morgan fingerprint density at radius 3 is 2.19 bits per heavy atom. The molecule has 0 amide bonds. The molecule has 0 N–H and O–H groups in total. The van der Waals surface area contributed by atoms with Crippen LogP contribution >= 0.6 is 0 Å². The first-order valence-corrected chi connectivity index (χ1v) is 8.60. The van der Waals surface area contributed by atoms with Crippen molar-refractivity contribution in [3.63, 3.8) is 0 Å². The lowest BCUT2D eigenvalue weighted by Gasteiger charge is -2.18. The van der Waals surface area contributed by atoms with Gasteiger partial charge >= 0.3 is 0 Å². The van der Waals surface area contributed by atoms with Gasteiger partial charge in [-0.15, -0.1) is 0 Å². The third-order valence-corrected chi connectivity index (χ3v) is 4.73. The van der Waals surface area contributed by atoms with E-state index in [-0.39, 0.29) is 5.82 Å². The number of rotatable bonds is 3. The van der Waals surface area contributed by atoms with Crippen LogP contribution in [-0.4, -0.2) is 14.1 Å². The zero-order valence-corrected chi connectivity index (χ0v) is 15.1. The second-order valence-corrected chi connectivity index (χ2v) is 6.69. The average Bonchev–Trinajstić information content (AvgIpc) is 2.98. The molecule has 0 atom stereocenters. The van der Waals surface area contributed by atoms with Gasteiger partial charge in [0.1, 0.15) is 17.2 Å². The van der Waals surface area contributed by atoms with Crippen molar-refractivity contribution in [1.82, 2.24) is 0 Å². The summed E-state index contributed by atoms with van der Waals surface area (Å²) < 4.78 is 19.4. The van der Waals surface area contributed by atoms with E-state index in [0.717, 1.165) is 39.1 Å². The Labute approximate surface area is 152 Å². The van der Waals surface area contributed by atoms with Crippen LogP contribution in [0.5, 0.6) is 0 Å². The molecule has 0 bridgehead atoms. The Bertz CT molecular complexity index is 1060. The third-order valence-electron chi connectivity index (χ3n) is 4.73. The van der Waals surface area contributed by atoms with E-state index in [2.05, 4.69) is 36.1 Å². The van der Waals surface area contributed by atoms with Gasteiger partial charge in [-0.1, -0.05) is 30.3 Å². The van der Waals surface area contributed by atoms with Crippen LogP contribution in [0.2, 0.25) is 0 Å². The number of fused-ring (bicyclic) bond motifs is 1. The first kappa shape index (κ1) is 16.4. The summed E-state index contributed by atoms with van der Waals surface area (Å²) in [5, 5.41) is 1.08. The number of aryl methyl sites for hydroxylation is 1. The minimum atomic E-state index is -0.247.